The van der Waals surface area contributed by atoms with Crippen LogP contribution in [-0.4, -0.2) is 5.97 Å². The maximum Gasteiger partial charge on any atom is 0.0643 e. The lowest BCUT2D eigenvalue weighted by Crippen LogP contribution is -2.38. The van der Waals surface area contributed by atoms with Gasteiger partial charge in [0.15, 0.2) is 0 Å². The first-order chi connectivity index (χ1) is 10.2. The van der Waals surface area contributed by atoms with Crippen LogP contribution >= 0.6 is 0 Å². The molecule has 1 aromatic carbocycles. The van der Waals surface area contributed by atoms with Crippen molar-refractivity contribution in [3.05, 3.63) is 42.0 Å². The van der Waals surface area contributed by atoms with Crippen molar-refractivity contribution in [2.24, 2.45) is 23.7 Å². The molecule has 0 aromatic heterocycles. The van der Waals surface area contributed by atoms with E-state index >= 15 is 0 Å². The Morgan fingerprint density at radius 1 is 0.857 bits per heavy atom. The Morgan fingerprint density at radius 2 is 1.29 bits per heavy atom. The molecule has 4 bridgehead atoms. The maximum absolute atomic E-state index is 9.97. The number of carboxylic acids is 1. The van der Waals surface area contributed by atoms with E-state index < -0.39 is 5.97 Å². The second-order valence-corrected chi connectivity index (χ2v) is 6.94. The second kappa shape index (κ2) is 6.46. The van der Waals surface area contributed by atoms with Crippen LogP contribution in [0.1, 0.15) is 44.1 Å². The highest BCUT2D eigenvalue weighted by Gasteiger charge is 2.41. The van der Waals surface area contributed by atoms with Crippen molar-refractivity contribution in [3.63, 3.8) is 0 Å². The maximum atomic E-state index is 9.97. The summed E-state index contributed by atoms with van der Waals surface area (Å²) in [5.41, 5.74) is 0.858. The highest BCUT2D eigenvalue weighted by atomic mass is 16.4. The summed E-state index contributed by atoms with van der Waals surface area (Å²) in [4.78, 5) is 9.97. The number of hydrogen-bond acceptors (Lipinski definition) is 2. The summed E-state index contributed by atoms with van der Waals surface area (Å²) in [5, 5.41) is 9.97. The molecule has 4 aliphatic carbocycles. The van der Waals surface area contributed by atoms with Crippen LogP contribution in [0.5, 0.6) is 0 Å². The fourth-order valence-corrected chi connectivity index (χ4v) is 4.71. The first kappa shape index (κ1) is 14.4. The predicted molar refractivity (Wildman–Crippen MR) is 82.1 cm³/mol. The molecule has 0 unspecified atom stereocenters. The van der Waals surface area contributed by atoms with Gasteiger partial charge < -0.3 is 9.90 Å². The van der Waals surface area contributed by atoms with Crippen LogP contribution in [0, 0.1) is 23.7 Å². The van der Waals surface area contributed by atoms with E-state index in [-0.39, 0.29) is 0 Å². The number of aliphatic carboxylic acids is 1. The van der Waals surface area contributed by atoms with Crippen molar-refractivity contribution < 1.29 is 9.90 Å². The number of carbonyl (C=O) groups is 1. The second-order valence-electron chi connectivity index (χ2n) is 6.94. The molecule has 0 heterocycles. The van der Waals surface area contributed by atoms with Gasteiger partial charge in [-0.15, -0.1) is 0 Å². The van der Waals surface area contributed by atoms with Gasteiger partial charge in [0, 0.05) is 0 Å². The molecule has 0 N–H and O–H groups in total. The summed E-state index contributed by atoms with van der Waals surface area (Å²) in [6.07, 6.45) is 12.1. The van der Waals surface area contributed by atoms with E-state index in [1.165, 1.54) is 29.7 Å². The summed E-state index contributed by atoms with van der Waals surface area (Å²) < 4.78 is 0. The van der Waals surface area contributed by atoms with Crippen molar-refractivity contribution in [2.45, 2.75) is 38.5 Å². The Bertz CT molecular complexity index is 447. The highest BCUT2D eigenvalue weighted by molar-refractivity contribution is 5.83. The topological polar surface area (TPSA) is 40.1 Å². The lowest BCUT2D eigenvalue weighted by atomic mass is 9.56. The van der Waals surface area contributed by atoms with Gasteiger partial charge in [0.05, 0.1) is 5.97 Å². The number of carbonyl (C=O) groups excluding carboxylic acids is 1. The third-order valence-corrected chi connectivity index (χ3v) is 5.21. The van der Waals surface area contributed by atoms with Gasteiger partial charge in [-0.2, -0.15) is 0 Å². The van der Waals surface area contributed by atoms with Gasteiger partial charge in [-0.1, -0.05) is 36.4 Å². The summed E-state index contributed by atoms with van der Waals surface area (Å²) in [6, 6.07) is 9.19. The molecule has 112 valence electrons. The van der Waals surface area contributed by atoms with Gasteiger partial charge >= 0.3 is 0 Å². The van der Waals surface area contributed by atoms with Gasteiger partial charge in [-0.3, -0.25) is 0 Å². The van der Waals surface area contributed by atoms with Crippen LogP contribution in [0.2, 0.25) is 0 Å². The highest BCUT2D eigenvalue weighted by Crippen LogP contribution is 2.53. The van der Waals surface area contributed by atoms with Gasteiger partial charge in [0.1, 0.15) is 0 Å². The molecular formula is C19H23O2-. The third-order valence-electron chi connectivity index (χ3n) is 5.21. The molecule has 0 atom stereocenters. The first-order valence-corrected chi connectivity index (χ1v) is 8.13. The Morgan fingerprint density at radius 3 is 1.67 bits per heavy atom. The van der Waals surface area contributed by atoms with Crippen LogP contribution in [-0.2, 0) is 4.79 Å². The van der Waals surface area contributed by atoms with Crippen molar-refractivity contribution in [3.8, 4) is 0 Å². The van der Waals surface area contributed by atoms with E-state index in [4.69, 9.17) is 0 Å². The molecule has 0 amide bonds. The first-order valence-electron chi connectivity index (χ1n) is 8.13. The van der Waals surface area contributed by atoms with Crippen LogP contribution in [0.3, 0.4) is 0 Å². The SMILES string of the molecule is C1C2CC3CC1CC(C2)C3.O=C([O-])/C=C/c1ccccc1. The predicted octanol–water partition coefficient (Wildman–Crippen LogP) is 3.28. The Hall–Kier alpha value is -1.57. The molecule has 4 aliphatic rings. The van der Waals surface area contributed by atoms with Gasteiger partial charge in [0.25, 0.3) is 0 Å². The summed E-state index contributed by atoms with van der Waals surface area (Å²) in [6.45, 7) is 0. The monoisotopic (exact) mass is 283 g/mol. The molecule has 0 radical (unpaired) electrons. The third kappa shape index (κ3) is 3.96. The summed E-state index contributed by atoms with van der Waals surface area (Å²) >= 11 is 0. The lowest BCUT2D eigenvalue weighted by molar-refractivity contribution is -0.297. The number of rotatable bonds is 2. The van der Waals surface area contributed by atoms with E-state index in [0.717, 1.165) is 11.6 Å². The van der Waals surface area contributed by atoms with Crippen LogP contribution in [0.4, 0.5) is 0 Å². The number of hydrogen-bond donors (Lipinski definition) is 0. The minimum atomic E-state index is -1.17. The van der Waals surface area contributed by atoms with Gasteiger partial charge in [0.2, 0.25) is 0 Å². The molecule has 2 nitrogen and oxygen atoms in total. The lowest BCUT2D eigenvalue weighted by Gasteiger charge is -2.49. The fraction of sp³-hybridized carbons (Fsp3) is 0.526. The minimum absolute atomic E-state index is 0.858. The molecule has 0 saturated heterocycles. The molecule has 0 spiro atoms. The van der Waals surface area contributed by atoms with Crippen molar-refractivity contribution in [2.75, 3.05) is 0 Å². The van der Waals surface area contributed by atoms with E-state index in [9.17, 15) is 9.90 Å². The molecular weight excluding hydrogens is 260 g/mol. The van der Waals surface area contributed by atoms with E-state index in [1.54, 1.807) is 38.5 Å². The fourth-order valence-electron chi connectivity index (χ4n) is 4.71. The Labute approximate surface area is 126 Å². The normalized spacial score (nSPS) is 32.8. The molecule has 4 fully saturated rings. The average molecular weight is 283 g/mol. The van der Waals surface area contributed by atoms with E-state index in [2.05, 4.69) is 0 Å². The number of carboxylic acid groups (broad SMARTS) is 1. The van der Waals surface area contributed by atoms with Gasteiger partial charge in [-0.05, 0) is 73.8 Å². The van der Waals surface area contributed by atoms with E-state index in [1.807, 2.05) is 30.3 Å². The van der Waals surface area contributed by atoms with E-state index in [0.29, 0.717) is 0 Å². The quantitative estimate of drug-likeness (QED) is 0.781. The molecule has 5 rings (SSSR count). The van der Waals surface area contributed by atoms with Crippen LogP contribution in [0.15, 0.2) is 36.4 Å². The summed E-state index contributed by atoms with van der Waals surface area (Å²) in [5.74, 6) is 3.54. The number of benzene rings is 1. The zero-order chi connectivity index (χ0) is 14.7. The van der Waals surface area contributed by atoms with Crippen LogP contribution < -0.4 is 5.11 Å². The average Bonchev–Trinajstić information content (AvgIpc) is 2.45. The molecule has 4 saturated carbocycles. The standard InChI is InChI=1S/C10H16.C9H8O2/c1-7-2-9-4-8(1)5-10(3-7)6-9;10-9(11)7-6-8-4-2-1-3-5-8/h7-10H,1-6H2;1-7H,(H,10,11)/p-1/b;7-6+. The Kier molecular flexibility index (Phi) is 4.42. The molecule has 1 aromatic rings. The minimum Gasteiger partial charge on any atom is -0.545 e. The zero-order valence-electron chi connectivity index (χ0n) is 12.4. The smallest absolute Gasteiger partial charge is 0.0643 e. The molecule has 0 aliphatic heterocycles. The Balaban J connectivity index is 0.000000126. The van der Waals surface area contributed by atoms with Crippen molar-refractivity contribution in [1.82, 2.24) is 0 Å². The van der Waals surface area contributed by atoms with Crippen LogP contribution in [0.25, 0.3) is 6.08 Å². The van der Waals surface area contributed by atoms with Gasteiger partial charge in [-0.25, -0.2) is 0 Å². The van der Waals surface area contributed by atoms with Crippen molar-refractivity contribution in [1.29, 1.82) is 0 Å². The molecule has 2 heteroatoms. The largest absolute Gasteiger partial charge is 0.545 e. The van der Waals surface area contributed by atoms with Crippen molar-refractivity contribution >= 4 is 12.0 Å². The molecule has 21 heavy (non-hydrogen) atoms. The zero-order valence-corrected chi connectivity index (χ0v) is 12.4. The summed E-state index contributed by atoms with van der Waals surface area (Å²) in [7, 11) is 0.